The van der Waals surface area contributed by atoms with Gasteiger partial charge in [0.15, 0.2) is 0 Å². The molecule has 0 saturated carbocycles. The first-order chi connectivity index (χ1) is 15.7. The van der Waals surface area contributed by atoms with E-state index in [-0.39, 0.29) is 11.2 Å². The van der Waals surface area contributed by atoms with Gasteiger partial charge < -0.3 is 9.88 Å². The highest BCUT2D eigenvalue weighted by molar-refractivity contribution is 7.18. The number of hydrogen-bond acceptors (Lipinski definition) is 5. The van der Waals surface area contributed by atoms with Crippen LogP contribution in [0.1, 0.15) is 44.9 Å². The lowest BCUT2D eigenvalue weighted by molar-refractivity contribution is -0.143. The zero-order valence-corrected chi connectivity index (χ0v) is 17.5. The summed E-state index contributed by atoms with van der Waals surface area (Å²) < 4.78 is 67.0. The fourth-order valence-electron chi connectivity index (χ4n) is 3.99. The number of para-hydroxylation sites is 1. The number of amides is 1. The van der Waals surface area contributed by atoms with Crippen molar-refractivity contribution in [1.29, 1.82) is 0 Å². The second-order valence-electron chi connectivity index (χ2n) is 7.45. The van der Waals surface area contributed by atoms with Crippen molar-refractivity contribution in [1.82, 2.24) is 29.6 Å². The summed E-state index contributed by atoms with van der Waals surface area (Å²) in [7, 11) is 0. The maximum absolute atomic E-state index is 13.7. The molecule has 0 aliphatic carbocycles. The van der Waals surface area contributed by atoms with Gasteiger partial charge in [0, 0.05) is 18.7 Å². The van der Waals surface area contributed by atoms with Crippen molar-refractivity contribution < 1.29 is 26.7 Å². The Bertz CT molecular complexity index is 1290. The largest absolute Gasteiger partial charge is 0.408 e. The van der Waals surface area contributed by atoms with E-state index < -0.39 is 42.4 Å². The standard InChI is InChI=1S/C20H15F5N6OS/c21-17(22)15-10(7-28-31(15)8-20(23,24)25)19(32)30-6-5-12-14(27-9-26-12)16(30)18-29-11-3-1-2-4-13(11)33-18/h1-4,7,9,16-17H,5-6,8H2,(H,26,27)/t16-/m0/s1. The van der Waals surface area contributed by atoms with Crippen molar-refractivity contribution in [2.75, 3.05) is 6.54 Å². The lowest BCUT2D eigenvalue weighted by Gasteiger charge is -2.33. The van der Waals surface area contributed by atoms with E-state index in [1.807, 2.05) is 24.3 Å². The van der Waals surface area contributed by atoms with Gasteiger partial charge in [-0.15, -0.1) is 11.3 Å². The van der Waals surface area contributed by atoms with Crippen LogP contribution in [0.2, 0.25) is 0 Å². The van der Waals surface area contributed by atoms with Crippen LogP contribution in [-0.4, -0.2) is 48.3 Å². The quantitative estimate of drug-likeness (QED) is 0.435. The molecular weight excluding hydrogens is 467 g/mol. The fraction of sp³-hybridized carbons (Fsp3) is 0.300. The molecule has 0 saturated heterocycles. The number of aromatic nitrogens is 5. The Morgan fingerprint density at radius 1 is 1.27 bits per heavy atom. The number of rotatable bonds is 4. The Morgan fingerprint density at radius 3 is 2.79 bits per heavy atom. The molecule has 3 aromatic heterocycles. The van der Waals surface area contributed by atoms with Gasteiger partial charge >= 0.3 is 6.18 Å². The van der Waals surface area contributed by atoms with Gasteiger partial charge in [0.1, 0.15) is 23.3 Å². The molecule has 0 fully saturated rings. The van der Waals surface area contributed by atoms with E-state index in [1.165, 1.54) is 22.6 Å². The van der Waals surface area contributed by atoms with Crippen molar-refractivity contribution in [3.63, 3.8) is 0 Å². The molecule has 4 heterocycles. The Morgan fingerprint density at radius 2 is 2.06 bits per heavy atom. The number of hydrogen-bond donors (Lipinski definition) is 1. The zero-order valence-electron chi connectivity index (χ0n) is 16.7. The third-order valence-electron chi connectivity index (χ3n) is 5.38. The van der Waals surface area contributed by atoms with Crippen molar-refractivity contribution in [3.8, 4) is 0 Å². The summed E-state index contributed by atoms with van der Waals surface area (Å²) in [4.78, 5) is 26.7. The average Bonchev–Trinajstić information content (AvgIpc) is 3.48. The zero-order chi connectivity index (χ0) is 23.3. The molecule has 1 amide bonds. The van der Waals surface area contributed by atoms with E-state index in [4.69, 9.17) is 0 Å². The molecule has 1 aliphatic heterocycles. The number of nitrogens with zero attached hydrogens (tertiary/aromatic N) is 5. The first-order valence-corrected chi connectivity index (χ1v) is 10.6. The summed E-state index contributed by atoms with van der Waals surface area (Å²) in [6, 6.07) is 6.57. The Labute approximate surface area is 186 Å². The van der Waals surface area contributed by atoms with E-state index in [9.17, 15) is 26.7 Å². The molecule has 13 heteroatoms. The minimum atomic E-state index is -4.77. The normalized spacial score (nSPS) is 16.5. The number of halogens is 5. The molecule has 0 bridgehead atoms. The van der Waals surface area contributed by atoms with Gasteiger partial charge in [-0.25, -0.2) is 18.7 Å². The molecule has 0 unspecified atom stereocenters. The van der Waals surface area contributed by atoms with Gasteiger partial charge in [-0.05, 0) is 12.1 Å². The summed E-state index contributed by atoms with van der Waals surface area (Å²) in [6.45, 7) is -1.58. The molecular formula is C20H15F5N6OS. The van der Waals surface area contributed by atoms with Crippen LogP contribution in [0, 0.1) is 0 Å². The van der Waals surface area contributed by atoms with Crippen molar-refractivity contribution in [3.05, 3.63) is 64.4 Å². The number of carbonyl (C=O) groups is 1. The van der Waals surface area contributed by atoms with Crippen molar-refractivity contribution >= 4 is 27.5 Å². The number of thiazole rings is 1. The summed E-state index contributed by atoms with van der Waals surface area (Å²) >= 11 is 1.33. The molecule has 0 radical (unpaired) electrons. The molecule has 33 heavy (non-hydrogen) atoms. The summed E-state index contributed by atoms with van der Waals surface area (Å²) in [6.07, 6.45) is -5.46. The summed E-state index contributed by atoms with van der Waals surface area (Å²) in [5, 5.41) is 3.97. The first-order valence-electron chi connectivity index (χ1n) is 9.82. The monoisotopic (exact) mass is 482 g/mol. The lowest BCUT2D eigenvalue weighted by Crippen LogP contribution is -2.41. The highest BCUT2D eigenvalue weighted by Crippen LogP contribution is 2.39. The van der Waals surface area contributed by atoms with Gasteiger partial charge in [-0.2, -0.15) is 18.3 Å². The van der Waals surface area contributed by atoms with E-state index in [2.05, 4.69) is 20.1 Å². The topological polar surface area (TPSA) is 79.7 Å². The second-order valence-corrected chi connectivity index (χ2v) is 8.52. The molecule has 1 atom stereocenters. The molecule has 0 spiro atoms. The van der Waals surface area contributed by atoms with Crippen LogP contribution < -0.4 is 0 Å². The van der Waals surface area contributed by atoms with Gasteiger partial charge in [0.05, 0.1) is 34.0 Å². The van der Waals surface area contributed by atoms with E-state index in [1.54, 1.807) is 0 Å². The van der Waals surface area contributed by atoms with Crippen LogP contribution >= 0.6 is 11.3 Å². The number of aromatic amines is 1. The number of benzene rings is 1. The number of carbonyl (C=O) groups excluding carboxylic acids is 1. The molecule has 1 aromatic carbocycles. The van der Waals surface area contributed by atoms with Crippen LogP contribution in [0.25, 0.3) is 10.2 Å². The van der Waals surface area contributed by atoms with Gasteiger partial charge in [-0.1, -0.05) is 12.1 Å². The summed E-state index contributed by atoms with van der Waals surface area (Å²) in [5.74, 6) is -0.850. The van der Waals surface area contributed by atoms with E-state index in [0.717, 1.165) is 16.6 Å². The first kappa shape index (κ1) is 21.5. The van der Waals surface area contributed by atoms with Crippen LogP contribution in [0.3, 0.4) is 0 Å². The molecule has 1 aliphatic rings. The highest BCUT2D eigenvalue weighted by atomic mass is 32.1. The minimum absolute atomic E-state index is 0.133. The SMILES string of the molecule is O=C(c1cnn(CC(F)(F)F)c1C(F)F)N1CCc2[nH]cnc2[C@H]1c1nc2ccccc2s1. The van der Waals surface area contributed by atoms with Crippen LogP contribution in [0.5, 0.6) is 0 Å². The Balaban J connectivity index is 1.58. The number of alkyl halides is 5. The molecule has 4 aromatic rings. The highest BCUT2D eigenvalue weighted by Gasteiger charge is 2.40. The smallest absolute Gasteiger partial charge is 0.348 e. The predicted octanol–water partition coefficient (Wildman–Crippen LogP) is 4.50. The minimum Gasteiger partial charge on any atom is -0.348 e. The van der Waals surface area contributed by atoms with E-state index in [0.29, 0.717) is 22.6 Å². The fourth-order valence-corrected chi connectivity index (χ4v) is 5.08. The maximum Gasteiger partial charge on any atom is 0.408 e. The molecule has 7 nitrogen and oxygen atoms in total. The van der Waals surface area contributed by atoms with Crippen molar-refractivity contribution in [2.45, 2.75) is 31.6 Å². The number of fused-ring (bicyclic) bond motifs is 2. The Hall–Kier alpha value is -3.35. The van der Waals surface area contributed by atoms with Crippen LogP contribution in [0.4, 0.5) is 22.0 Å². The Kier molecular flexibility index (Phi) is 5.15. The molecule has 5 rings (SSSR count). The third-order valence-corrected chi connectivity index (χ3v) is 6.47. The maximum atomic E-state index is 13.7. The third kappa shape index (κ3) is 3.86. The molecule has 172 valence electrons. The number of H-pyrrole nitrogens is 1. The predicted molar refractivity (Wildman–Crippen MR) is 108 cm³/mol. The number of nitrogens with one attached hydrogen (secondary N) is 1. The second kappa shape index (κ2) is 7.90. The van der Waals surface area contributed by atoms with Gasteiger partial charge in [-0.3, -0.25) is 9.48 Å². The average molecular weight is 482 g/mol. The van der Waals surface area contributed by atoms with Gasteiger partial charge in [0.25, 0.3) is 12.3 Å². The summed E-state index contributed by atoms with van der Waals surface area (Å²) in [5.41, 5.74) is 0.381. The van der Waals surface area contributed by atoms with Crippen LogP contribution in [0.15, 0.2) is 36.8 Å². The van der Waals surface area contributed by atoms with Crippen molar-refractivity contribution in [2.24, 2.45) is 0 Å². The van der Waals surface area contributed by atoms with Gasteiger partial charge in [0.2, 0.25) is 0 Å². The van der Waals surface area contributed by atoms with E-state index >= 15 is 0 Å². The lowest BCUT2D eigenvalue weighted by atomic mass is 10.0. The number of imidazole rings is 1. The van der Waals surface area contributed by atoms with Crippen LogP contribution in [-0.2, 0) is 13.0 Å². The molecule has 1 N–H and O–H groups in total.